The maximum atomic E-state index is 4.23. The predicted octanol–water partition coefficient (Wildman–Crippen LogP) is 1.32. The minimum absolute atomic E-state index is 0.729. The van der Waals surface area contributed by atoms with Crippen LogP contribution in [0.25, 0.3) is 11.2 Å². The monoisotopic (exact) mass is 174 g/mol. The van der Waals surface area contributed by atoms with Crippen LogP contribution < -0.4 is 0 Å². The fraction of sp³-hybridized carbons (Fsp3) is 0.222. The van der Waals surface area contributed by atoms with Gasteiger partial charge in [0.25, 0.3) is 0 Å². The van der Waals surface area contributed by atoms with Gasteiger partial charge in [0.05, 0.1) is 12.0 Å². The second-order valence-corrected chi connectivity index (χ2v) is 2.82. The molecule has 66 valence electrons. The van der Waals surface area contributed by atoms with Gasteiger partial charge in [0.1, 0.15) is 11.8 Å². The first kappa shape index (κ1) is 7.91. The minimum atomic E-state index is 0.729. The highest BCUT2D eigenvalue weighted by molar-refractivity contribution is 5.72. The number of hydrogen-bond donors (Lipinski definition) is 0. The molecule has 0 aliphatic rings. The Morgan fingerprint density at radius 2 is 2.31 bits per heavy atom. The van der Waals surface area contributed by atoms with E-state index in [-0.39, 0.29) is 0 Å². The fourth-order valence-electron chi connectivity index (χ4n) is 1.27. The third kappa shape index (κ3) is 1.20. The molecule has 2 rings (SSSR count). The van der Waals surface area contributed by atoms with Gasteiger partial charge in [-0.15, -0.1) is 6.58 Å². The Bertz CT molecular complexity index is 444. The predicted molar refractivity (Wildman–Crippen MR) is 50.3 cm³/mol. The fourth-order valence-corrected chi connectivity index (χ4v) is 1.27. The molecule has 0 atom stereocenters. The Balaban J connectivity index is 2.67. The van der Waals surface area contributed by atoms with Crippen LogP contribution in [0, 0.1) is 6.92 Å². The lowest BCUT2D eigenvalue weighted by atomic mass is 10.4. The van der Waals surface area contributed by atoms with Crippen molar-refractivity contribution >= 4 is 11.2 Å². The summed E-state index contributed by atoms with van der Waals surface area (Å²) >= 11 is 0. The molecule has 0 spiro atoms. The van der Waals surface area contributed by atoms with Gasteiger partial charge in [-0.1, -0.05) is 6.08 Å². The summed E-state index contributed by atoms with van der Waals surface area (Å²) in [6.45, 7) is 6.33. The summed E-state index contributed by atoms with van der Waals surface area (Å²) in [5.74, 6) is 0. The van der Waals surface area contributed by atoms with Crippen LogP contribution in [0.3, 0.4) is 0 Å². The van der Waals surface area contributed by atoms with Crippen LogP contribution in [0.1, 0.15) is 5.69 Å². The second kappa shape index (κ2) is 2.97. The van der Waals surface area contributed by atoms with Crippen molar-refractivity contribution in [2.24, 2.45) is 0 Å². The average molecular weight is 174 g/mol. The lowest BCUT2D eigenvalue weighted by Crippen LogP contribution is -1.95. The average Bonchev–Trinajstić information content (AvgIpc) is 2.51. The summed E-state index contributed by atoms with van der Waals surface area (Å²) in [7, 11) is 0. The number of allylic oxidation sites excluding steroid dienone is 1. The lowest BCUT2D eigenvalue weighted by molar-refractivity contribution is 0.838. The van der Waals surface area contributed by atoms with E-state index in [1.807, 2.05) is 17.6 Å². The highest BCUT2D eigenvalue weighted by atomic mass is 15.1. The maximum Gasteiger partial charge on any atom is 0.163 e. The summed E-state index contributed by atoms with van der Waals surface area (Å²) in [5, 5.41) is 0. The molecule has 4 nitrogen and oxygen atoms in total. The van der Waals surface area contributed by atoms with Crippen molar-refractivity contribution in [3.8, 4) is 0 Å². The van der Waals surface area contributed by atoms with E-state index in [0.717, 1.165) is 23.4 Å². The van der Waals surface area contributed by atoms with Crippen molar-refractivity contribution in [3.63, 3.8) is 0 Å². The van der Waals surface area contributed by atoms with Gasteiger partial charge >= 0.3 is 0 Å². The van der Waals surface area contributed by atoms with E-state index in [1.165, 1.54) is 0 Å². The topological polar surface area (TPSA) is 43.6 Å². The van der Waals surface area contributed by atoms with E-state index >= 15 is 0 Å². The second-order valence-electron chi connectivity index (χ2n) is 2.82. The minimum Gasteiger partial charge on any atom is -0.311 e. The number of fused-ring (bicyclic) bond motifs is 1. The van der Waals surface area contributed by atoms with Crippen molar-refractivity contribution in [2.75, 3.05) is 0 Å². The zero-order valence-corrected chi connectivity index (χ0v) is 7.44. The molecule has 0 aromatic carbocycles. The van der Waals surface area contributed by atoms with Gasteiger partial charge < -0.3 is 4.57 Å². The molecule has 0 unspecified atom stereocenters. The Morgan fingerprint density at radius 3 is 3.08 bits per heavy atom. The summed E-state index contributed by atoms with van der Waals surface area (Å²) in [6.07, 6.45) is 5.13. The van der Waals surface area contributed by atoms with Crippen molar-refractivity contribution in [1.82, 2.24) is 19.5 Å². The van der Waals surface area contributed by atoms with Crippen LogP contribution in [0.15, 0.2) is 25.3 Å². The number of aromatic nitrogens is 4. The van der Waals surface area contributed by atoms with E-state index in [9.17, 15) is 0 Å². The molecule has 0 aliphatic carbocycles. The molecule has 13 heavy (non-hydrogen) atoms. The summed E-state index contributed by atoms with van der Waals surface area (Å²) < 4.78 is 1.94. The van der Waals surface area contributed by atoms with Gasteiger partial charge in [-0.3, -0.25) is 0 Å². The standard InChI is InChI=1S/C9H10N4/c1-3-4-13-6-12-8-7(2)10-5-11-9(8)13/h3,5-6H,1,4H2,2H3. The molecule has 0 saturated heterocycles. The summed E-state index contributed by atoms with van der Waals surface area (Å²) in [6, 6.07) is 0. The van der Waals surface area contributed by atoms with Gasteiger partial charge in [-0.25, -0.2) is 15.0 Å². The van der Waals surface area contributed by atoms with E-state index in [1.54, 1.807) is 12.7 Å². The van der Waals surface area contributed by atoms with Crippen molar-refractivity contribution in [1.29, 1.82) is 0 Å². The van der Waals surface area contributed by atoms with Crippen LogP contribution in [-0.2, 0) is 6.54 Å². The molecular formula is C9H10N4. The summed E-state index contributed by atoms with van der Waals surface area (Å²) in [5.41, 5.74) is 2.64. The first-order valence-corrected chi connectivity index (χ1v) is 4.06. The molecule has 0 amide bonds. The normalized spacial score (nSPS) is 10.5. The molecule has 2 aromatic rings. The molecule has 0 saturated carbocycles. The van der Waals surface area contributed by atoms with Crippen LogP contribution in [0.2, 0.25) is 0 Å². The largest absolute Gasteiger partial charge is 0.311 e. The number of nitrogens with zero attached hydrogens (tertiary/aromatic N) is 4. The SMILES string of the molecule is C=CCn1cnc2c(C)ncnc21. The Kier molecular flexibility index (Phi) is 1.81. The van der Waals surface area contributed by atoms with Gasteiger partial charge in [-0.2, -0.15) is 0 Å². The van der Waals surface area contributed by atoms with Gasteiger partial charge in [0, 0.05) is 6.54 Å². The van der Waals surface area contributed by atoms with E-state index in [2.05, 4.69) is 21.5 Å². The highest BCUT2D eigenvalue weighted by Crippen LogP contribution is 2.11. The van der Waals surface area contributed by atoms with Crippen LogP contribution in [0.5, 0.6) is 0 Å². The Labute approximate surface area is 76.0 Å². The smallest absolute Gasteiger partial charge is 0.163 e. The number of hydrogen-bond acceptors (Lipinski definition) is 3. The maximum absolute atomic E-state index is 4.23. The number of imidazole rings is 1. The summed E-state index contributed by atoms with van der Waals surface area (Å²) in [4.78, 5) is 12.5. The van der Waals surface area contributed by atoms with Gasteiger partial charge in [-0.05, 0) is 6.92 Å². The quantitative estimate of drug-likeness (QED) is 0.645. The molecule has 4 heteroatoms. The lowest BCUT2D eigenvalue weighted by Gasteiger charge is -1.97. The molecule has 0 N–H and O–H groups in total. The van der Waals surface area contributed by atoms with Crippen molar-refractivity contribution in [3.05, 3.63) is 31.0 Å². The molecule has 0 fully saturated rings. The van der Waals surface area contributed by atoms with Crippen LogP contribution in [0.4, 0.5) is 0 Å². The third-order valence-electron chi connectivity index (χ3n) is 1.91. The van der Waals surface area contributed by atoms with Gasteiger partial charge in [0.15, 0.2) is 5.65 Å². The molecular weight excluding hydrogens is 164 g/mol. The van der Waals surface area contributed by atoms with E-state index in [4.69, 9.17) is 0 Å². The van der Waals surface area contributed by atoms with Gasteiger partial charge in [0.2, 0.25) is 0 Å². The molecule has 0 radical (unpaired) electrons. The Morgan fingerprint density at radius 1 is 1.46 bits per heavy atom. The number of aryl methyl sites for hydroxylation is 1. The molecule has 0 bridgehead atoms. The van der Waals surface area contributed by atoms with Crippen LogP contribution >= 0.6 is 0 Å². The Hall–Kier alpha value is -1.71. The third-order valence-corrected chi connectivity index (χ3v) is 1.91. The first-order chi connectivity index (χ1) is 6.33. The van der Waals surface area contributed by atoms with Crippen molar-refractivity contribution in [2.45, 2.75) is 13.5 Å². The van der Waals surface area contributed by atoms with Crippen LogP contribution in [-0.4, -0.2) is 19.5 Å². The van der Waals surface area contributed by atoms with E-state index in [0.29, 0.717) is 0 Å². The first-order valence-electron chi connectivity index (χ1n) is 4.06. The van der Waals surface area contributed by atoms with E-state index < -0.39 is 0 Å². The zero-order valence-electron chi connectivity index (χ0n) is 7.44. The zero-order chi connectivity index (χ0) is 9.26. The molecule has 2 heterocycles. The molecule has 2 aromatic heterocycles. The molecule has 0 aliphatic heterocycles. The highest BCUT2D eigenvalue weighted by Gasteiger charge is 2.04. The number of rotatable bonds is 2. The van der Waals surface area contributed by atoms with Crippen molar-refractivity contribution < 1.29 is 0 Å².